The van der Waals surface area contributed by atoms with Crippen LogP contribution in [-0.2, 0) is 14.8 Å². The van der Waals surface area contributed by atoms with E-state index in [4.69, 9.17) is 13.9 Å². The fraction of sp³-hybridized carbons (Fsp3) is 0.240. The van der Waals surface area contributed by atoms with E-state index >= 15 is 0 Å². The van der Waals surface area contributed by atoms with Gasteiger partial charge in [-0.15, -0.1) is 0 Å². The van der Waals surface area contributed by atoms with Gasteiger partial charge in [-0.2, -0.15) is 4.31 Å². The summed E-state index contributed by atoms with van der Waals surface area (Å²) < 4.78 is 58.0. The Morgan fingerprint density at radius 1 is 0.914 bits per heavy atom. The molecule has 3 aromatic rings. The Labute approximate surface area is 202 Å². The number of fused-ring (bicyclic) bond motifs is 1. The maximum absolute atomic E-state index is 13.9. The third-order valence-corrected chi connectivity index (χ3v) is 7.75. The van der Waals surface area contributed by atoms with Crippen molar-refractivity contribution in [1.82, 2.24) is 9.21 Å². The maximum atomic E-state index is 13.9. The number of carbonyl (C=O) groups is 1. The lowest BCUT2D eigenvalue weighted by Crippen LogP contribution is -2.50. The first-order valence-electron chi connectivity index (χ1n) is 11.1. The summed E-state index contributed by atoms with van der Waals surface area (Å²) in [5, 5.41) is 0. The van der Waals surface area contributed by atoms with E-state index in [0.29, 0.717) is 41.8 Å². The number of amides is 1. The quantitative estimate of drug-likeness (QED) is 0.501. The molecular formula is C25H23FN2O6S. The molecule has 2 aliphatic rings. The lowest BCUT2D eigenvalue weighted by Gasteiger charge is -2.33. The number of sulfonamides is 1. The summed E-state index contributed by atoms with van der Waals surface area (Å²) in [6.45, 7) is 1.66. The van der Waals surface area contributed by atoms with Crippen LogP contribution in [0.15, 0.2) is 70.0 Å². The number of furan rings is 1. The van der Waals surface area contributed by atoms with Crippen LogP contribution >= 0.6 is 0 Å². The molecule has 0 unspecified atom stereocenters. The van der Waals surface area contributed by atoms with E-state index < -0.39 is 15.8 Å². The summed E-state index contributed by atoms with van der Waals surface area (Å²) in [6, 6.07) is 14.2. The number of piperazine rings is 1. The van der Waals surface area contributed by atoms with Gasteiger partial charge in [0, 0.05) is 38.3 Å². The zero-order valence-corrected chi connectivity index (χ0v) is 19.5. The van der Waals surface area contributed by atoms with Crippen LogP contribution in [0.25, 0.3) is 17.4 Å². The minimum Gasteiger partial charge on any atom is -0.486 e. The summed E-state index contributed by atoms with van der Waals surface area (Å²) in [4.78, 5) is 14.3. The summed E-state index contributed by atoms with van der Waals surface area (Å²) in [6.07, 6.45) is 2.89. The predicted molar refractivity (Wildman–Crippen MR) is 126 cm³/mol. The fourth-order valence-electron chi connectivity index (χ4n) is 3.99. The molecule has 2 aliphatic heterocycles. The molecule has 1 amide bonds. The monoisotopic (exact) mass is 498 g/mol. The van der Waals surface area contributed by atoms with Crippen molar-refractivity contribution in [2.45, 2.75) is 4.90 Å². The zero-order valence-electron chi connectivity index (χ0n) is 18.7. The fourth-order valence-corrected chi connectivity index (χ4v) is 5.43. The highest BCUT2D eigenvalue weighted by molar-refractivity contribution is 7.89. The molecule has 10 heteroatoms. The summed E-state index contributed by atoms with van der Waals surface area (Å²) in [7, 11) is -3.73. The first-order valence-corrected chi connectivity index (χ1v) is 12.6. The average Bonchev–Trinajstić information content (AvgIpc) is 3.36. The second-order valence-corrected chi connectivity index (χ2v) is 9.99. The van der Waals surface area contributed by atoms with Gasteiger partial charge in [0.25, 0.3) is 0 Å². The van der Waals surface area contributed by atoms with Gasteiger partial charge < -0.3 is 18.8 Å². The number of halogens is 1. The first kappa shape index (κ1) is 23.1. The molecule has 8 nitrogen and oxygen atoms in total. The van der Waals surface area contributed by atoms with E-state index in [9.17, 15) is 17.6 Å². The van der Waals surface area contributed by atoms with Gasteiger partial charge in [-0.1, -0.05) is 12.1 Å². The molecular weight excluding hydrogens is 475 g/mol. The van der Waals surface area contributed by atoms with Crippen molar-refractivity contribution in [2.24, 2.45) is 0 Å². The van der Waals surface area contributed by atoms with Crippen molar-refractivity contribution in [1.29, 1.82) is 0 Å². The van der Waals surface area contributed by atoms with Crippen LogP contribution in [0.2, 0.25) is 0 Å². The number of ether oxygens (including phenoxy) is 2. The van der Waals surface area contributed by atoms with E-state index in [1.54, 1.807) is 41.3 Å². The molecule has 0 spiro atoms. The minimum absolute atomic E-state index is 0.130. The second-order valence-electron chi connectivity index (χ2n) is 8.05. The summed E-state index contributed by atoms with van der Waals surface area (Å²) in [5.41, 5.74) is 0.342. The van der Waals surface area contributed by atoms with Gasteiger partial charge in [-0.3, -0.25) is 4.79 Å². The van der Waals surface area contributed by atoms with Crippen molar-refractivity contribution in [2.75, 3.05) is 39.4 Å². The van der Waals surface area contributed by atoms with Gasteiger partial charge in [0.05, 0.1) is 10.5 Å². The molecule has 0 saturated carbocycles. The summed E-state index contributed by atoms with van der Waals surface area (Å²) >= 11 is 0. The number of benzene rings is 2. The van der Waals surface area contributed by atoms with E-state index in [-0.39, 0.29) is 37.0 Å². The Hall–Kier alpha value is -3.63. The third-order valence-electron chi connectivity index (χ3n) is 5.86. The molecule has 0 N–H and O–H groups in total. The highest BCUT2D eigenvalue weighted by Gasteiger charge is 2.30. The SMILES string of the molecule is O=C(C=Cc1ccc(-c2ccccc2F)o1)N1CCN(S(=O)(=O)c2ccc3c(c2)OCCO3)CC1. The molecule has 0 radical (unpaired) electrons. The smallest absolute Gasteiger partial charge is 0.246 e. The van der Waals surface area contributed by atoms with Crippen LogP contribution in [0, 0.1) is 5.82 Å². The average molecular weight is 499 g/mol. The molecule has 1 aromatic heterocycles. The molecule has 35 heavy (non-hydrogen) atoms. The number of hydrogen-bond donors (Lipinski definition) is 0. The molecule has 0 bridgehead atoms. The molecule has 182 valence electrons. The van der Waals surface area contributed by atoms with Crippen LogP contribution in [0.3, 0.4) is 0 Å². The Balaban J connectivity index is 1.20. The van der Waals surface area contributed by atoms with Gasteiger partial charge >= 0.3 is 0 Å². The Morgan fingerprint density at radius 3 is 2.43 bits per heavy atom. The molecule has 1 fully saturated rings. The molecule has 2 aromatic carbocycles. The van der Waals surface area contributed by atoms with Crippen LogP contribution in [0.1, 0.15) is 5.76 Å². The number of rotatable bonds is 5. The predicted octanol–water partition coefficient (Wildman–Crippen LogP) is 3.40. The number of hydrogen-bond acceptors (Lipinski definition) is 6. The Bertz CT molecular complexity index is 1380. The highest BCUT2D eigenvalue weighted by Crippen LogP contribution is 2.33. The highest BCUT2D eigenvalue weighted by atomic mass is 32.2. The normalized spacial score (nSPS) is 16.5. The number of nitrogens with zero attached hydrogens (tertiary/aromatic N) is 2. The van der Waals surface area contributed by atoms with Crippen LogP contribution in [0.4, 0.5) is 4.39 Å². The van der Waals surface area contributed by atoms with Gasteiger partial charge in [-0.05, 0) is 42.5 Å². The van der Waals surface area contributed by atoms with Crippen LogP contribution < -0.4 is 9.47 Å². The molecule has 3 heterocycles. The van der Waals surface area contributed by atoms with Gasteiger partial charge in [-0.25, -0.2) is 12.8 Å². The third kappa shape index (κ3) is 4.80. The van der Waals surface area contributed by atoms with E-state index in [2.05, 4.69) is 0 Å². The van der Waals surface area contributed by atoms with Crippen molar-refractivity contribution < 1.29 is 31.5 Å². The van der Waals surface area contributed by atoms with E-state index in [1.165, 1.54) is 34.7 Å². The minimum atomic E-state index is -3.73. The topological polar surface area (TPSA) is 89.3 Å². The lowest BCUT2D eigenvalue weighted by molar-refractivity contribution is -0.127. The second kappa shape index (κ2) is 9.55. The van der Waals surface area contributed by atoms with Gasteiger partial charge in [0.15, 0.2) is 11.5 Å². The van der Waals surface area contributed by atoms with Crippen molar-refractivity contribution in [3.63, 3.8) is 0 Å². The molecule has 1 saturated heterocycles. The lowest BCUT2D eigenvalue weighted by atomic mass is 10.1. The van der Waals surface area contributed by atoms with Crippen LogP contribution in [-0.4, -0.2) is 62.9 Å². The number of carbonyl (C=O) groups excluding carboxylic acids is 1. The maximum Gasteiger partial charge on any atom is 0.246 e. The molecule has 0 aliphatic carbocycles. The van der Waals surface area contributed by atoms with Crippen LogP contribution in [0.5, 0.6) is 11.5 Å². The van der Waals surface area contributed by atoms with Crippen molar-refractivity contribution >= 4 is 22.0 Å². The van der Waals surface area contributed by atoms with E-state index in [1.807, 2.05) is 0 Å². The van der Waals surface area contributed by atoms with Gasteiger partial charge in [0.2, 0.25) is 15.9 Å². The van der Waals surface area contributed by atoms with Gasteiger partial charge in [0.1, 0.15) is 30.6 Å². The molecule has 5 rings (SSSR count). The molecule has 0 atom stereocenters. The first-order chi connectivity index (χ1) is 16.9. The Morgan fingerprint density at radius 2 is 1.66 bits per heavy atom. The standard InChI is InChI=1S/C25H23FN2O6S/c26-21-4-2-1-3-20(21)22-8-5-18(34-22)6-10-25(29)27-11-13-28(14-12-27)35(30,31)19-7-9-23-24(17-19)33-16-15-32-23/h1-10,17H,11-16H2. The van der Waals surface area contributed by atoms with Crippen molar-refractivity contribution in [3.05, 3.63) is 72.3 Å². The largest absolute Gasteiger partial charge is 0.486 e. The Kier molecular flexibility index (Phi) is 6.31. The van der Waals surface area contributed by atoms with E-state index in [0.717, 1.165) is 0 Å². The summed E-state index contributed by atoms with van der Waals surface area (Å²) in [5.74, 6) is 1.06. The zero-order chi connectivity index (χ0) is 24.4. The van der Waals surface area contributed by atoms with Crippen molar-refractivity contribution in [3.8, 4) is 22.8 Å².